The number of hydrogen-bond donors (Lipinski definition) is 1. The fourth-order valence-corrected chi connectivity index (χ4v) is 3.26. The number of imidazole rings is 1. The lowest BCUT2D eigenvalue weighted by atomic mass is 9.95. The summed E-state index contributed by atoms with van der Waals surface area (Å²) in [7, 11) is 1.20. The van der Waals surface area contributed by atoms with E-state index in [-0.39, 0.29) is 17.8 Å². The van der Waals surface area contributed by atoms with Crippen LogP contribution in [0, 0.1) is 0 Å². The smallest absolute Gasteiger partial charge is 0.417 e. The van der Waals surface area contributed by atoms with E-state index in [0.29, 0.717) is 17.9 Å². The molecule has 0 saturated heterocycles. The van der Waals surface area contributed by atoms with E-state index in [1.165, 1.54) is 19.2 Å². The predicted octanol–water partition coefficient (Wildman–Crippen LogP) is 4.29. The van der Waals surface area contributed by atoms with Gasteiger partial charge >= 0.3 is 18.1 Å². The van der Waals surface area contributed by atoms with Gasteiger partial charge in [0, 0.05) is 12.0 Å². The van der Waals surface area contributed by atoms with Crippen LogP contribution in [0.25, 0.3) is 0 Å². The second-order valence-electron chi connectivity index (χ2n) is 7.55. The molecule has 9 heteroatoms. The Morgan fingerprint density at radius 3 is 2.28 bits per heavy atom. The molecule has 2 aromatic rings. The molecule has 1 N–H and O–H groups in total. The largest absolute Gasteiger partial charge is 0.478 e. The first-order valence-electron chi connectivity index (χ1n) is 8.93. The fourth-order valence-electron chi connectivity index (χ4n) is 3.26. The van der Waals surface area contributed by atoms with Gasteiger partial charge in [-0.05, 0) is 18.1 Å². The third-order valence-electron chi connectivity index (χ3n) is 4.45. The Morgan fingerprint density at radius 1 is 1.21 bits per heavy atom. The molecule has 1 heterocycles. The fraction of sp³-hybridized carbons (Fsp3) is 0.450. The lowest BCUT2D eigenvalue weighted by Gasteiger charge is -2.23. The molecule has 0 atom stereocenters. The van der Waals surface area contributed by atoms with Crippen molar-refractivity contribution in [2.45, 2.75) is 52.3 Å². The molecular weight excluding hydrogens is 389 g/mol. The van der Waals surface area contributed by atoms with E-state index in [2.05, 4.69) is 4.98 Å². The number of hydrogen-bond acceptors (Lipinski definition) is 4. The molecule has 0 amide bonds. The van der Waals surface area contributed by atoms with Gasteiger partial charge in [0.2, 0.25) is 0 Å². The first kappa shape index (κ1) is 22.4. The van der Waals surface area contributed by atoms with Gasteiger partial charge in [-0.25, -0.2) is 14.6 Å². The van der Waals surface area contributed by atoms with Crippen LogP contribution in [0.3, 0.4) is 0 Å². The second kappa shape index (κ2) is 7.88. The second-order valence-corrected chi connectivity index (χ2v) is 7.55. The molecule has 29 heavy (non-hydrogen) atoms. The van der Waals surface area contributed by atoms with Crippen molar-refractivity contribution in [3.05, 3.63) is 52.1 Å². The number of methoxy groups -OCH3 is 1. The maximum atomic E-state index is 13.7. The molecule has 158 valence electrons. The van der Waals surface area contributed by atoms with Crippen molar-refractivity contribution >= 4 is 11.9 Å². The van der Waals surface area contributed by atoms with Crippen molar-refractivity contribution in [1.29, 1.82) is 0 Å². The minimum atomic E-state index is -4.86. The van der Waals surface area contributed by atoms with E-state index in [4.69, 9.17) is 4.74 Å². The van der Waals surface area contributed by atoms with E-state index in [9.17, 15) is 27.9 Å². The molecule has 1 aromatic heterocycles. The first-order valence-corrected chi connectivity index (χ1v) is 8.93. The van der Waals surface area contributed by atoms with Gasteiger partial charge in [-0.15, -0.1) is 0 Å². The van der Waals surface area contributed by atoms with Gasteiger partial charge in [0.05, 0.1) is 23.9 Å². The maximum Gasteiger partial charge on any atom is 0.417 e. The summed E-state index contributed by atoms with van der Waals surface area (Å²) in [6.45, 7) is 6.94. The van der Waals surface area contributed by atoms with Crippen LogP contribution in [0.4, 0.5) is 13.2 Å². The number of halogens is 3. The molecular formula is C20H23F3N2O4. The summed E-state index contributed by atoms with van der Waals surface area (Å²) < 4.78 is 47.5. The number of alkyl halides is 3. The molecule has 2 rings (SSSR count). The average Bonchev–Trinajstić information content (AvgIpc) is 2.98. The van der Waals surface area contributed by atoms with Gasteiger partial charge in [-0.3, -0.25) is 0 Å². The number of esters is 1. The third kappa shape index (κ3) is 4.44. The molecule has 0 aliphatic rings. The van der Waals surface area contributed by atoms with Crippen molar-refractivity contribution in [1.82, 2.24) is 9.55 Å². The number of benzene rings is 1. The Hall–Kier alpha value is -2.84. The number of aromatic nitrogens is 2. The Labute approximate surface area is 166 Å². The number of ether oxygens (including phenoxy) is 1. The monoisotopic (exact) mass is 412 g/mol. The highest BCUT2D eigenvalue weighted by Gasteiger charge is 2.38. The summed E-state index contributed by atoms with van der Waals surface area (Å²) in [6, 6.07) is 3.43. The predicted molar refractivity (Wildman–Crippen MR) is 99.1 cm³/mol. The zero-order valence-corrected chi connectivity index (χ0v) is 16.8. The Kier molecular flexibility index (Phi) is 6.10. The zero-order chi connectivity index (χ0) is 22.1. The lowest BCUT2D eigenvalue weighted by Crippen LogP contribution is -2.23. The van der Waals surface area contributed by atoms with Crippen molar-refractivity contribution in [2.75, 3.05) is 7.11 Å². The normalized spacial score (nSPS) is 12.1. The summed E-state index contributed by atoms with van der Waals surface area (Å²) in [5.41, 5.74) is -2.36. The van der Waals surface area contributed by atoms with Gasteiger partial charge in [0.1, 0.15) is 5.82 Å². The van der Waals surface area contributed by atoms with E-state index in [1.807, 2.05) is 20.8 Å². The number of carboxylic acids is 1. The van der Waals surface area contributed by atoms with E-state index in [0.717, 1.165) is 6.07 Å². The van der Waals surface area contributed by atoms with Gasteiger partial charge in [-0.1, -0.05) is 39.8 Å². The standard InChI is InChI=1S/C20H23F3N2O4/c1-6-13-15(17(28)29-5)24-18(19(2,3)4)25(13)10-11-8-7-9-12(16(26)27)14(11)20(21,22)23/h7-9H,6,10H2,1-5H3,(H,26,27). The molecule has 0 saturated carbocycles. The number of rotatable bonds is 5. The van der Waals surface area contributed by atoms with Crippen LogP contribution < -0.4 is 0 Å². The van der Waals surface area contributed by atoms with Crippen molar-refractivity contribution < 1.29 is 32.6 Å². The minimum Gasteiger partial charge on any atom is -0.478 e. The van der Waals surface area contributed by atoms with Gasteiger partial charge in [0.15, 0.2) is 5.69 Å². The van der Waals surface area contributed by atoms with Crippen LogP contribution in [0.15, 0.2) is 18.2 Å². The zero-order valence-electron chi connectivity index (χ0n) is 16.8. The molecule has 0 aliphatic heterocycles. The Balaban J connectivity index is 2.78. The summed E-state index contributed by atoms with van der Waals surface area (Å²) in [4.78, 5) is 27.9. The Bertz CT molecular complexity index is 940. The minimum absolute atomic E-state index is 0.0443. The highest BCUT2D eigenvalue weighted by atomic mass is 19.4. The van der Waals surface area contributed by atoms with Crippen molar-refractivity contribution in [3.8, 4) is 0 Å². The molecule has 0 fully saturated rings. The van der Waals surface area contributed by atoms with Crippen LogP contribution in [0.5, 0.6) is 0 Å². The number of carboxylic acid groups (broad SMARTS) is 1. The van der Waals surface area contributed by atoms with Gasteiger partial charge < -0.3 is 14.4 Å². The SMILES string of the molecule is CCc1c(C(=O)OC)nc(C(C)(C)C)n1Cc1cccc(C(=O)O)c1C(F)(F)F. The third-order valence-corrected chi connectivity index (χ3v) is 4.45. The maximum absolute atomic E-state index is 13.7. The molecule has 6 nitrogen and oxygen atoms in total. The molecule has 0 aliphatic carbocycles. The van der Waals surface area contributed by atoms with Crippen molar-refractivity contribution in [2.24, 2.45) is 0 Å². The van der Waals surface area contributed by atoms with Crippen LogP contribution in [-0.4, -0.2) is 33.7 Å². The van der Waals surface area contributed by atoms with Crippen LogP contribution in [-0.2, 0) is 29.3 Å². The number of carbonyl (C=O) groups is 2. The first-order chi connectivity index (χ1) is 13.3. The van der Waals surface area contributed by atoms with E-state index < -0.39 is 34.7 Å². The summed E-state index contributed by atoms with van der Waals surface area (Å²) in [5.74, 6) is -1.93. The number of carbonyl (C=O) groups excluding carboxylic acids is 1. The van der Waals surface area contributed by atoms with Crippen LogP contribution >= 0.6 is 0 Å². The topological polar surface area (TPSA) is 81.4 Å². The van der Waals surface area contributed by atoms with Crippen LogP contribution in [0.1, 0.15) is 71.2 Å². The summed E-state index contributed by atoms with van der Waals surface area (Å²) >= 11 is 0. The highest BCUT2D eigenvalue weighted by Crippen LogP contribution is 2.36. The molecule has 0 spiro atoms. The number of aromatic carboxylic acids is 1. The highest BCUT2D eigenvalue weighted by molar-refractivity contribution is 5.90. The molecule has 0 bridgehead atoms. The van der Waals surface area contributed by atoms with Crippen LogP contribution in [0.2, 0.25) is 0 Å². The lowest BCUT2D eigenvalue weighted by molar-refractivity contribution is -0.138. The number of nitrogens with zero attached hydrogens (tertiary/aromatic N) is 2. The molecule has 0 radical (unpaired) electrons. The molecule has 0 unspecified atom stereocenters. The van der Waals surface area contributed by atoms with Gasteiger partial charge in [-0.2, -0.15) is 13.2 Å². The van der Waals surface area contributed by atoms with E-state index >= 15 is 0 Å². The Morgan fingerprint density at radius 2 is 1.83 bits per heavy atom. The quantitative estimate of drug-likeness (QED) is 0.741. The summed E-state index contributed by atoms with van der Waals surface area (Å²) in [6.07, 6.45) is -4.53. The van der Waals surface area contributed by atoms with Gasteiger partial charge in [0.25, 0.3) is 0 Å². The average molecular weight is 412 g/mol. The van der Waals surface area contributed by atoms with E-state index in [1.54, 1.807) is 11.5 Å². The molecule has 1 aromatic carbocycles. The summed E-state index contributed by atoms with van der Waals surface area (Å²) in [5, 5.41) is 9.23. The van der Waals surface area contributed by atoms with Crippen molar-refractivity contribution in [3.63, 3.8) is 0 Å².